The molecule has 11 heavy (non-hydrogen) atoms. The van der Waals surface area contributed by atoms with E-state index in [0.29, 0.717) is 24.9 Å². The monoisotopic (exact) mass is 152 g/mol. The number of carbonyl (C=O) groups is 2. The number of allylic oxidation sites excluding steroid dienone is 2. The largest absolute Gasteiger partial charge is 0.330 e. The maximum Gasteiger partial charge on any atom is 0.211 e. The quantitative estimate of drug-likeness (QED) is 0.541. The van der Waals surface area contributed by atoms with E-state index in [-0.39, 0.29) is 0 Å². The zero-order valence-corrected chi connectivity index (χ0v) is 5.83. The second kappa shape index (κ2) is 3.55. The van der Waals surface area contributed by atoms with Crippen molar-refractivity contribution in [3.05, 3.63) is 23.5 Å². The van der Waals surface area contributed by atoms with Gasteiger partial charge in [-0.15, -0.1) is 0 Å². The predicted octanol–water partition coefficient (Wildman–Crippen LogP) is -0.350. The van der Waals surface area contributed by atoms with Crippen LogP contribution < -0.4 is 10.6 Å². The molecule has 0 saturated carbocycles. The summed E-state index contributed by atoms with van der Waals surface area (Å²) in [6.45, 7) is 0. The Morgan fingerprint density at radius 1 is 1.27 bits per heavy atom. The molecule has 0 aliphatic heterocycles. The molecular formula is C7H8N2O2. The Kier molecular flexibility index (Phi) is 2.43. The average Bonchev–Trinajstić information content (AvgIpc) is 2.39. The summed E-state index contributed by atoms with van der Waals surface area (Å²) in [5.41, 5.74) is 1.39. The van der Waals surface area contributed by atoms with Gasteiger partial charge in [-0.2, -0.15) is 0 Å². The lowest BCUT2D eigenvalue weighted by Gasteiger charge is -2.02. The lowest BCUT2D eigenvalue weighted by molar-refractivity contribution is -0.110. The maximum absolute atomic E-state index is 10.0. The van der Waals surface area contributed by atoms with Crippen molar-refractivity contribution in [1.29, 1.82) is 0 Å². The summed E-state index contributed by atoms with van der Waals surface area (Å²) in [6.07, 6.45) is 5.44. The number of carbonyl (C=O) groups excluding carboxylic acids is 2. The molecule has 0 atom stereocenters. The summed E-state index contributed by atoms with van der Waals surface area (Å²) in [7, 11) is 0. The van der Waals surface area contributed by atoms with Gasteiger partial charge < -0.3 is 10.6 Å². The van der Waals surface area contributed by atoms with Crippen LogP contribution in [0.2, 0.25) is 0 Å². The topological polar surface area (TPSA) is 58.2 Å². The molecule has 4 nitrogen and oxygen atoms in total. The minimum Gasteiger partial charge on any atom is -0.330 e. The van der Waals surface area contributed by atoms with Crippen LogP contribution in [0, 0.1) is 0 Å². The van der Waals surface area contributed by atoms with Crippen LogP contribution in [0.3, 0.4) is 0 Å². The van der Waals surface area contributed by atoms with Crippen LogP contribution in [0.25, 0.3) is 0 Å². The number of rotatable bonds is 4. The second-order valence-corrected chi connectivity index (χ2v) is 2.02. The third kappa shape index (κ3) is 1.67. The molecule has 0 radical (unpaired) electrons. The van der Waals surface area contributed by atoms with Crippen LogP contribution in [-0.2, 0) is 9.59 Å². The van der Waals surface area contributed by atoms with Gasteiger partial charge in [-0.1, -0.05) is 6.08 Å². The fourth-order valence-corrected chi connectivity index (χ4v) is 0.912. The molecule has 0 unspecified atom stereocenters. The van der Waals surface area contributed by atoms with Gasteiger partial charge in [0.15, 0.2) is 0 Å². The van der Waals surface area contributed by atoms with Crippen LogP contribution in [-0.4, -0.2) is 12.8 Å². The SMILES string of the molecule is O=CNC1=C(NC=O)CC=C1. The highest BCUT2D eigenvalue weighted by molar-refractivity contribution is 5.57. The lowest BCUT2D eigenvalue weighted by atomic mass is 10.3. The molecule has 0 bridgehead atoms. The first kappa shape index (κ1) is 7.53. The lowest BCUT2D eigenvalue weighted by Crippen LogP contribution is -2.17. The molecule has 58 valence electrons. The van der Waals surface area contributed by atoms with Crippen LogP contribution in [0.15, 0.2) is 23.5 Å². The highest BCUT2D eigenvalue weighted by Gasteiger charge is 2.06. The summed E-state index contributed by atoms with van der Waals surface area (Å²) < 4.78 is 0. The minimum absolute atomic E-state index is 0.581. The van der Waals surface area contributed by atoms with E-state index < -0.39 is 0 Å². The first-order valence-electron chi connectivity index (χ1n) is 3.18. The van der Waals surface area contributed by atoms with Gasteiger partial charge in [-0.25, -0.2) is 0 Å². The van der Waals surface area contributed by atoms with E-state index in [2.05, 4.69) is 10.6 Å². The van der Waals surface area contributed by atoms with Gasteiger partial charge >= 0.3 is 0 Å². The minimum atomic E-state index is 0.581. The summed E-state index contributed by atoms with van der Waals surface area (Å²) in [5, 5.41) is 4.96. The summed E-state index contributed by atoms with van der Waals surface area (Å²) >= 11 is 0. The first-order valence-corrected chi connectivity index (χ1v) is 3.18. The molecule has 0 aromatic carbocycles. The molecule has 4 heteroatoms. The van der Waals surface area contributed by atoms with Gasteiger partial charge in [0.2, 0.25) is 12.8 Å². The molecule has 2 amide bonds. The van der Waals surface area contributed by atoms with Crippen molar-refractivity contribution in [2.24, 2.45) is 0 Å². The molecule has 1 aliphatic rings. The summed E-state index contributed by atoms with van der Waals surface area (Å²) in [5.74, 6) is 0. The molecule has 1 aliphatic carbocycles. The molecule has 0 saturated heterocycles. The van der Waals surface area contributed by atoms with Gasteiger partial charge in [0.1, 0.15) is 0 Å². The van der Waals surface area contributed by atoms with Crippen molar-refractivity contribution < 1.29 is 9.59 Å². The first-order chi connectivity index (χ1) is 5.38. The smallest absolute Gasteiger partial charge is 0.211 e. The standard InChI is InChI=1S/C7H8N2O2/c10-4-8-6-2-1-3-7(6)9-5-11/h1-2,4-5H,3H2,(H,8,10)(H,9,11). The Labute approximate surface area is 64.0 Å². The highest BCUT2D eigenvalue weighted by Crippen LogP contribution is 2.12. The van der Waals surface area contributed by atoms with Crippen LogP contribution >= 0.6 is 0 Å². The van der Waals surface area contributed by atoms with Crippen molar-refractivity contribution in [3.8, 4) is 0 Å². The third-order valence-corrected chi connectivity index (χ3v) is 1.38. The fraction of sp³-hybridized carbons (Fsp3) is 0.143. The van der Waals surface area contributed by atoms with Gasteiger partial charge in [-0.05, 0) is 6.08 Å². The van der Waals surface area contributed by atoms with E-state index in [4.69, 9.17) is 0 Å². The molecule has 0 aromatic rings. The molecular weight excluding hydrogens is 144 g/mol. The van der Waals surface area contributed by atoms with Gasteiger partial charge in [0, 0.05) is 12.1 Å². The van der Waals surface area contributed by atoms with E-state index in [1.807, 2.05) is 6.08 Å². The van der Waals surface area contributed by atoms with Crippen molar-refractivity contribution >= 4 is 12.8 Å². The Morgan fingerprint density at radius 2 is 2.00 bits per heavy atom. The average molecular weight is 152 g/mol. The molecule has 0 heterocycles. The van der Waals surface area contributed by atoms with Crippen molar-refractivity contribution in [3.63, 3.8) is 0 Å². The Balaban J connectivity index is 2.65. The number of amides is 2. The molecule has 1 rings (SSSR count). The van der Waals surface area contributed by atoms with E-state index >= 15 is 0 Å². The van der Waals surface area contributed by atoms with Crippen molar-refractivity contribution in [2.75, 3.05) is 0 Å². The van der Waals surface area contributed by atoms with Crippen molar-refractivity contribution in [2.45, 2.75) is 6.42 Å². The number of nitrogens with one attached hydrogen (secondary N) is 2. The van der Waals surface area contributed by atoms with E-state index in [0.717, 1.165) is 5.70 Å². The highest BCUT2D eigenvalue weighted by atomic mass is 16.1. The van der Waals surface area contributed by atoms with Crippen LogP contribution in [0.4, 0.5) is 0 Å². The fourth-order valence-electron chi connectivity index (χ4n) is 0.912. The van der Waals surface area contributed by atoms with Gasteiger partial charge in [0.25, 0.3) is 0 Å². The molecule has 0 fully saturated rings. The Morgan fingerprint density at radius 3 is 2.64 bits per heavy atom. The van der Waals surface area contributed by atoms with Gasteiger partial charge in [-0.3, -0.25) is 9.59 Å². The Bertz CT molecular complexity index is 231. The predicted molar refractivity (Wildman–Crippen MR) is 39.2 cm³/mol. The van der Waals surface area contributed by atoms with Crippen molar-refractivity contribution in [1.82, 2.24) is 10.6 Å². The number of hydrogen-bond acceptors (Lipinski definition) is 2. The van der Waals surface area contributed by atoms with Crippen LogP contribution in [0.1, 0.15) is 6.42 Å². The zero-order valence-electron chi connectivity index (χ0n) is 5.83. The van der Waals surface area contributed by atoms with E-state index in [9.17, 15) is 9.59 Å². The maximum atomic E-state index is 10.0. The van der Waals surface area contributed by atoms with Crippen LogP contribution in [0.5, 0.6) is 0 Å². The Hall–Kier alpha value is -1.58. The summed E-state index contributed by atoms with van der Waals surface area (Å²) in [4.78, 5) is 20.0. The van der Waals surface area contributed by atoms with E-state index in [1.54, 1.807) is 6.08 Å². The molecule has 0 aromatic heterocycles. The second-order valence-electron chi connectivity index (χ2n) is 2.02. The molecule has 2 N–H and O–H groups in total. The molecule has 0 spiro atoms. The van der Waals surface area contributed by atoms with E-state index in [1.165, 1.54) is 0 Å². The van der Waals surface area contributed by atoms with Gasteiger partial charge in [0.05, 0.1) is 5.70 Å². The third-order valence-electron chi connectivity index (χ3n) is 1.38. The zero-order chi connectivity index (χ0) is 8.10. The summed E-state index contributed by atoms with van der Waals surface area (Å²) in [6, 6.07) is 0. The normalized spacial score (nSPS) is 14.9. The number of hydrogen-bond donors (Lipinski definition) is 2.